The van der Waals surface area contributed by atoms with Gasteiger partial charge in [-0.25, -0.2) is 9.79 Å². The Morgan fingerprint density at radius 2 is 2.00 bits per heavy atom. The molecule has 9 heteroatoms. The van der Waals surface area contributed by atoms with E-state index in [1.807, 2.05) is 66.9 Å². The van der Waals surface area contributed by atoms with E-state index in [2.05, 4.69) is 20.9 Å². The van der Waals surface area contributed by atoms with Crippen molar-refractivity contribution in [1.29, 1.82) is 0 Å². The molecule has 6 nitrogen and oxygen atoms in total. The first-order valence-electron chi connectivity index (χ1n) is 11.6. The molecule has 0 radical (unpaired) electrons. The predicted molar refractivity (Wildman–Crippen MR) is 150 cm³/mol. The Labute approximate surface area is 230 Å². The lowest BCUT2D eigenvalue weighted by Crippen LogP contribution is -2.39. The van der Waals surface area contributed by atoms with Crippen molar-refractivity contribution in [2.75, 3.05) is 12.9 Å². The number of furan rings is 1. The summed E-state index contributed by atoms with van der Waals surface area (Å²) in [6.45, 7) is 3.78. The summed E-state index contributed by atoms with van der Waals surface area (Å²) < 4.78 is 14.4. The van der Waals surface area contributed by atoms with Gasteiger partial charge in [-0.15, -0.1) is 11.8 Å². The second kappa shape index (κ2) is 10.7. The van der Waals surface area contributed by atoms with Gasteiger partial charge in [0.15, 0.2) is 4.80 Å². The number of allylic oxidation sites excluding steroid dienone is 1. The number of carbonyl (C=O) groups excluding carboxylic acids is 1. The molecule has 0 fully saturated rings. The number of rotatable bonds is 6. The van der Waals surface area contributed by atoms with E-state index in [1.165, 1.54) is 11.3 Å². The molecule has 37 heavy (non-hydrogen) atoms. The molecule has 1 atom stereocenters. The third-order valence-electron chi connectivity index (χ3n) is 5.96. The van der Waals surface area contributed by atoms with E-state index in [0.717, 1.165) is 20.5 Å². The van der Waals surface area contributed by atoms with Crippen molar-refractivity contribution in [1.82, 2.24) is 4.57 Å². The van der Waals surface area contributed by atoms with E-state index in [4.69, 9.17) is 9.15 Å². The summed E-state index contributed by atoms with van der Waals surface area (Å²) in [7, 11) is 0. The molecule has 0 bridgehead atoms. The Balaban J connectivity index is 1.63. The second-order valence-electron chi connectivity index (χ2n) is 8.29. The van der Waals surface area contributed by atoms with Crippen LogP contribution in [-0.4, -0.2) is 23.4 Å². The highest BCUT2D eigenvalue weighted by Crippen LogP contribution is 2.32. The first kappa shape index (κ1) is 25.5. The highest BCUT2D eigenvalue weighted by molar-refractivity contribution is 9.10. The highest BCUT2D eigenvalue weighted by Gasteiger charge is 2.33. The van der Waals surface area contributed by atoms with Gasteiger partial charge in [-0.1, -0.05) is 51.5 Å². The first-order chi connectivity index (χ1) is 17.9. The molecule has 0 spiro atoms. The van der Waals surface area contributed by atoms with Gasteiger partial charge in [0.25, 0.3) is 5.56 Å². The molecule has 0 N–H and O–H groups in total. The van der Waals surface area contributed by atoms with Crippen LogP contribution in [0.4, 0.5) is 0 Å². The van der Waals surface area contributed by atoms with Crippen LogP contribution in [0.1, 0.15) is 31.2 Å². The van der Waals surface area contributed by atoms with E-state index in [1.54, 1.807) is 36.3 Å². The smallest absolute Gasteiger partial charge is 0.338 e. The molecular weight excluding hydrogens is 572 g/mol. The molecule has 2 aromatic heterocycles. The zero-order chi connectivity index (χ0) is 26.1. The number of carbonyl (C=O) groups is 1. The second-order valence-corrected chi connectivity index (χ2v) is 11.1. The van der Waals surface area contributed by atoms with Crippen molar-refractivity contribution < 1.29 is 13.9 Å². The quantitative estimate of drug-likeness (QED) is 0.216. The summed E-state index contributed by atoms with van der Waals surface area (Å²) in [4.78, 5) is 33.0. The molecule has 0 saturated carbocycles. The molecule has 0 saturated heterocycles. The predicted octanol–water partition coefficient (Wildman–Crippen LogP) is 5.54. The topological polar surface area (TPSA) is 73.8 Å². The maximum absolute atomic E-state index is 13.7. The summed E-state index contributed by atoms with van der Waals surface area (Å²) in [6, 6.07) is 18.8. The normalized spacial score (nSPS) is 15.5. The van der Waals surface area contributed by atoms with Gasteiger partial charge < -0.3 is 9.15 Å². The zero-order valence-corrected chi connectivity index (χ0v) is 23.6. The maximum Gasteiger partial charge on any atom is 0.338 e. The molecule has 0 aliphatic carbocycles. The SMILES string of the molecule is CCOC(=O)C1=C(C)N=c2sc(=Cc3ccc(-c4cccc(Br)c4)o3)c(=O)n2[C@@H]1c1ccc(SC)cc1. The minimum atomic E-state index is -0.637. The monoisotopic (exact) mass is 594 g/mol. The number of thioether (sulfide) groups is 1. The van der Waals surface area contributed by atoms with Crippen molar-refractivity contribution in [3.05, 3.63) is 107 Å². The number of thiazole rings is 1. The van der Waals surface area contributed by atoms with Gasteiger partial charge in [-0.3, -0.25) is 9.36 Å². The van der Waals surface area contributed by atoms with Crippen LogP contribution in [0.2, 0.25) is 0 Å². The van der Waals surface area contributed by atoms with Crippen LogP contribution < -0.4 is 14.9 Å². The number of hydrogen-bond donors (Lipinski definition) is 0. The van der Waals surface area contributed by atoms with Gasteiger partial charge >= 0.3 is 5.97 Å². The fraction of sp³-hybridized carbons (Fsp3) is 0.179. The number of nitrogens with zero attached hydrogens (tertiary/aromatic N) is 2. The summed E-state index contributed by atoms with van der Waals surface area (Å²) in [5.74, 6) is 0.789. The molecule has 4 aromatic rings. The van der Waals surface area contributed by atoms with Crippen molar-refractivity contribution in [3.63, 3.8) is 0 Å². The Morgan fingerprint density at radius 3 is 2.70 bits per heavy atom. The van der Waals surface area contributed by atoms with Crippen LogP contribution >= 0.6 is 39.0 Å². The number of ether oxygens (including phenoxy) is 1. The maximum atomic E-state index is 13.7. The number of aromatic nitrogens is 1. The van der Waals surface area contributed by atoms with Gasteiger partial charge in [0.2, 0.25) is 0 Å². The molecule has 3 heterocycles. The number of benzene rings is 2. The molecule has 5 rings (SSSR count). The van der Waals surface area contributed by atoms with Crippen molar-refractivity contribution in [3.8, 4) is 11.3 Å². The van der Waals surface area contributed by atoms with Crippen LogP contribution in [0.25, 0.3) is 17.4 Å². The summed E-state index contributed by atoms with van der Waals surface area (Å²) in [5, 5.41) is 0. The summed E-state index contributed by atoms with van der Waals surface area (Å²) in [6.07, 6.45) is 3.73. The largest absolute Gasteiger partial charge is 0.463 e. The number of hydrogen-bond acceptors (Lipinski definition) is 7. The molecule has 2 aromatic carbocycles. The number of fused-ring (bicyclic) bond motifs is 1. The van der Waals surface area contributed by atoms with Crippen molar-refractivity contribution in [2.45, 2.75) is 24.8 Å². The van der Waals surface area contributed by atoms with Crippen LogP contribution in [0.15, 0.2) is 95.5 Å². The third-order valence-corrected chi connectivity index (χ3v) is 8.18. The lowest BCUT2D eigenvalue weighted by molar-refractivity contribution is -0.139. The average molecular weight is 596 g/mol. The van der Waals surface area contributed by atoms with Gasteiger partial charge in [0, 0.05) is 21.0 Å². The van der Waals surface area contributed by atoms with Gasteiger partial charge in [0.05, 0.1) is 28.5 Å². The van der Waals surface area contributed by atoms with E-state index >= 15 is 0 Å². The average Bonchev–Trinajstić information content (AvgIpc) is 3.48. The van der Waals surface area contributed by atoms with Crippen LogP contribution in [0.5, 0.6) is 0 Å². The lowest BCUT2D eigenvalue weighted by atomic mass is 9.96. The zero-order valence-electron chi connectivity index (χ0n) is 20.4. The summed E-state index contributed by atoms with van der Waals surface area (Å²) >= 11 is 6.38. The Bertz CT molecular complexity index is 1700. The third kappa shape index (κ3) is 5.03. The minimum absolute atomic E-state index is 0.233. The van der Waals surface area contributed by atoms with Gasteiger partial charge in [-0.2, -0.15) is 0 Å². The minimum Gasteiger partial charge on any atom is -0.463 e. The molecule has 1 aliphatic rings. The van der Waals surface area contributed by atoms with Crippen molar-refractivity contribution >= 4 is 51.1 Å². The van der Waals surface area contributed by atoms with E-state index in [0.29, 0.717) is 32.1 Å². The Kier molecular flexibility index (Phi) is 7.37. The fourth-order valence-corrected chi connectivity index (χ4v) is 6.08. The van der Waals surface area contributed by atoms with Gasteiger partial charge in [-0.05, 0) is 62.1 Å². The Morgan fingerprint density at radius 1 is 1.22 bits per heavy atom. The van der Waals surface area contributed by atoms with E-state index in [-0.39, 0.29) is 12.2 Å². The molecule has 0 unspecified atom stereocenters. The lowest BCUT2D eigenvalue weighted by Gasteiger charge is -2.24. The number of esters is 1. The molecule has 0 amide bonds. The number of halogens is 1. The van der Waals surface area contributed by atoms with Crippen LogP contribution in [0, 0.1) is 0 Å². The summed E-state index contributed by atoms with van der Waals surface area (Å²) in [5.41, 5.74) is 2.42. The highest BCUT2D eigenvalue weighted by atomic mass is 79.9. The fourth-order valence-electron chi connectivity index (χ4n) is 4.25. The van der Waals surface area contributed by atoms with E-state index in [9.17, 15) is 9.59 Å². The van der Waals surface area contributed by atoms with Crippen LogP contribution in [-0.2, 0) is 9.53 Å². The van der Waals surface area contributed by atoms with Crippen molar-refractivity contribution in [2.24, 2.45) is 4.99 Å². The first-order valence-corrected chi connectivity index (χ1v) is 14.4. The van der Waals surface area contributed by atoms with E-state index < -0.39 is 12.0 Å². The molecule has 188 valence electrons. The van der Waals surface area contributed by atoms with Gasteiger partial charge in [0.1, 0.15) is 11.5 Å². The molecular formula is C28H23BrN2O4S2. The standard InChI is InChI=1S/C28H23BrN2O4S2/c1-4-34-27(33)24-16(2)30-28-31(25(24)17-8-11-21(36-3)12-9-17)26(32)23(37-28)15-20-10-13-22(35-20)18-6-5-7-19(29)14-18/h5-15,25H,4H2,1-3H3/t25-/m1/s1. The molecule has 1 aliphatic heterocycles. The Hall–Kier alpha value is -3.14. The van der Waals surface area contributed by atoms with Crippen LogP contribution in [0.3, 0.4) is 0 Å².